The highest BCUT2D eigenvalue weighted by molar-refractivity contribution is 6.29. The van der Waals surface area contributed by atoms with Crippen LogP contribution in [-0.2, 0) is 0 Å². The van der Waals surface area contributed by atoms with E-state index in [-0.39, 0.29) is 6.10 Å². The van der Waals surface area contributed by atoms with Crippen LogP contribution in [0.15, 0.2) is 18.2 Å². The van der Waals surface area contributed by atoms with Crippen LogP contribution in [0.5, 0.6) is 5.88 Å². The number of pyridine rings is 1. The van der Waals surface area contributed by atoms with E-state index in [1.165, 1.54) is 0 Å². The first-order valence-corrected chi connectivity index (χ1v) is 5.22. The topological polar surface area (TPSA) is 34.1 Å². The molecular weight excluding hydrogens is 200 g/mol. The minimum Gasteiger partial charge on any atom is -0.474 e. The zero-order chi connectivity index (χ0) is 9.80. The Kier molecular flexibility index (Phi) is 3.22. The third-order valence-corrected chi connectivity index (χ3v) is 2.47. The van der Waals surface area contributed by atoms with Crippen LogP contribution in [0, 0.1) is 0 Å². The van der Waals surface area contributed by atoms with Gasteiger partial charge in [0, 0.05) is 6.07 Å². The predicted molar refractivity (Wildman–Crippen MR) is 55.8 cm³/mol. The number of hydrogen-bond donors (Lipinski definition) is 1. The molecule has 2 rings (SSSR count). The molecule has 0 amide bonds. The third-order valence-electron chi connectivity index (χ3n) is 2.26. The quantitative estimate of drug-likeness (QED) is 0.760. The van der Waals surface area contributed by atoms with Crippen molar-refractivity contribution >= 4 is 11.6 Å². The lowest BCUT2D eigenvalue weighted by atomic mass is 10.1. The SMILES string of the molecule is Clc1cccc(OC2CCNCC2)n1. The molecule has 0 atom stereocenters. The van der Waals surface area contributed by atoms with Crippen molar-refractivity contribution in [3.8, 4) is 5.88 Å². The van der Waals surface area contributed by atoms with Gasteiger partial charge in [0.25, 0.3) is 0 Å². The van der Waals surface area contributed by atoms with Gasteiger partial charge in [-0.3, -0.25) is 0 Å². The number of halogens is 1. The maximum atomic E-state index is 5.76. The van der Waals surface area contributed by atoms with Crippen LogP contribution in [0.25, 0.3) is 0 Å². The summed E-state index contributed by atoms with van der Waals surface area (Å²) in [5.41, 5.74) is 0. The van der Waals surface area contributed by atoms with Gasteiger partial charge in [0.05, 0.1) is 0 Å². The number of hydrogen-bond acceptors (Lipinski definition) is 3. The molecule has 0 saturated carbocycles. The van der Waals surface area contributed by atoms with Crippen molar-refractivity contribution in [3.63, 3.8) is 0 Å². The maximum Gasteiger partial charge on any atom is 0.214 e. The van der Waals surface area contributed by atoms with Gasteiger partial charge >= 0.3 is 0 Å². The van der Waals surface area contributed by atoms with Crippen molar-refractivity contribution in [1.82, 2.24) is 10.3 Å². The van der Waals surface area contributed by atoms with Gasteiger partial charge in [-0.25, -0.2) is 4.98 Å². The molecule has 1 N–H and O–H groups in total. The third kappa shape index (κ3) is 2.59. The monoisotopic (exact) mass is 212 g/mol. The van der Waals surface area contributed by atoms with Crippen molar-refractivity contribution in [2.75, 3.05) is 13.1 Å². The van der Waals surface area contributed by atoms with Crippen molar-refractivity contribution in [2.24, 2.45) is 0 Å². The van der Waals surface area contributed by atoms with E-state index in [9.17, 15) is 0 Å². The van der Waals surface area contributed by atoms with E-state index in [4.69, 9.17) is 16.3 Å². The Morgan fingerprint density at radius 1 is 1.36 bits per heavy atom. The largest absolute Gasteiger partial charge is 0.474 e. The summed E-state index contributed by atoms with van der Waals surface area (Å²) in [4.78, 5) is 4.09. The molecule has 14 heavy (non-hydrogen) atoms. The van der Waals surface area contributed by atoms with Crippen LogP contribution in [0.3, 0.4) is 0 Å². The summed E-state index contributed by atoms with van der Waals surface area (Å²) in [6.07, 6.45) is 2.35. The lowest BCUT2D eigenvalue weighted by Gasteiger charge is -2.23. The highest BCUT2D eigenvalue weighted by Crippen LogP contribution is 2.16. The molecule has 1 saturated heterocycles. The van der Waals surface area contributed by atoms with Gasteiger partial charge in [-0.15, -0.1) is 0 Å². The number of rotatable bonds is 2. The zero-order valence-corrected chi connectivity index (χ0v) is 8.63. The molecule has 1 aliphatic heterocycles. The van der Waals surface area contributed by atoms with Gasteiger partial charge in [0.2, 0.25) is 5.88 Å². The molecule has 1 aromatic heterocycles. The van der Waals surface area contributed by atoms with Gasteiger partial charge in [-0.05, 0) is 32.0 Å². The highest BCUT2D eigenvalue weighted by atomic mass is 35.5. The number of aromatic nitrogens is 1. The van der Waals surface area contributed by atoms with Crippen LogP contribution < -0.4 is 10.1 Å². The first-order valence-electron chi connectivity index (χ1n) is 4.84. The van der Waals surface area contributed by atoms with Crippen LogP contribution in [0.4, 0.5) is 0 Å². The summed E-state index contributed by atoms with van der Waals surface area (Å²) in [6.45, 7) is 2.04. The number of ether oxygens (including phenoxy) is 1. The summed E-state index contributed by atoms with van der Waals surface area (Å²) < 4.78 is 5.70. The van der Waals surface area contributed by atoms with Gasteiger partial charge in [0.1, 0.15) is 11.3 Å². The molecule has 0 spiro atoms. The van der Waals surface area contributed by atoms with Crippen molar-refractivity contribution in [1.29, 1.82) is 0 Å². The van der Waals surface area contributed by atoms with Crippen molar-refractivity contribution in [3.05, 3.63) is 23.4 Å². The summed E-state index contributed by atoms with van der Waals surface area (Å²) in [5.74, 6) is 0.629. The lowest BCUT2D eigenvalue weighted by Crippen LogP contribution is -2.34. The number of nitrogens with zero attached hydrogens (tertiary/aromatic N) is 1. The van der Waals surface area contributed by atoms with E-state index in [0.717, 1.165) is 25.9 Å². The predicted octanol–water partition coefficient (Wildman–Crippen LogP) is 1.87. The second-order valence-electron chi connectivity index (χ2n) is 3.37. The Morgan fingerprint density at radius 2 is 2.14 bits per heavy atom. The van der Waals surface area contributed by atoms with E-state index in [1.807, 2.05) is 12.1 Å². The molecule has 0 bridgehead atoms. The molecule has 3 nitrogen and oxygen atoms in total. The molecule has 0 aliphatic carbocycles. The lowest BCUT2D eigenvalue weighted by molar-refractivity contribution is 0.156. The molecule has 1 aromatic rings. The Labute approximate surface area is 88.4 Å². The van der Waals surface area contributed by atoms with Crippen LogP contribution in [-0.4, -0.2) is 24.2 Å². The van der Waals surface area contributed by atoms with Gasteiger partial charge in [-0.1, -0.05) is 17.7 Å². The van der Waals surface area contributed by atoms with Crippen molar-refractivity contribution in [2.45, 2.75) is 18.9 Å². The van der Waals surface area contributed by atoms with E-state index in [0.29, 0.717) is 11.0 Å². The molecule has 1 aliphatic rings. The minimum absolute atomic E-state index is 0.280. The Bertz CT molecular complexity index is 300. The van der Waals surface area contributed by atoms with E-state index in [2.05, 4.69) is 10.3 Å². The van der Waals surface area contributed by atoms with Crippen LogP contribution in [0.2, 0.25) is 5.15 Å². The fourth-order valence-electron chi connectivity index (χ4n) is 1.54. The molecule has 1 fully saturated rings. The minimum atomic E-state index is 0.280. The highest BCUT2D eigenvalue weighted by Gasteiger charge is 2.14. The molecular formula is C10H13ClN2O. The zero-order valence-electron chi connectivity index (χ0n) is 7.87. The Balaban J connectivity index is 1.95. The summed E-state index contributed by atoms with van der Waals surface area (Å²) in [6, 6.07) is 5.44. The summed E-state index contributed by atoms with van der Waals surface area (Å²) in [7, 11) is 0. The molecule has 0 unspecified atom stereocenters. The standard InChI is InChI=1S/C10H13ClN2O/c11-9-2-1-3-10(13-9)14-8-4-6-12-7-5-8/h1-3,8,12H,4-7H2. The fourth-order valence-corrected chi connectivity index (χ4v) is 1.70. The first-order chi connectivity index (χ1) is 6.84. The van der Waals surface area contributed by atoms with E-state index >= 15 is 0 Å². The van der Waals surface area contributed by atoms with Crippen LogP contribution >= 0.6 is 11.6 Å². The maximum absolute atomic E-state index is 5.76. The molecule has 4 heteroatoms. The van der Waals surface area contributed by atoms with E-state index < -0.39 is 0 Å². The molecule has 0 aromatic carbocycles. The summed E-state index contributed by atoms with van der Waals surface area (Å²) >= 11 is 5.76. The smallest absolute Gasteiger partial charge is 0.214 e. The average molecular weight is 213 g/mol. The fraction of sp³-hybridized carbons (Fsp3) is 0.500. The van der Waals surface area contributed by atoms with Crippen molar-refractivity contribution < 1.29 is 4.74 Å². The van der Waals surface area contributed by atoms with Crippen LogP contribution in [0.1, 0.15) is 12.8 Å². The average Bonchev–Trinajstić information content (AvgIpc) is 2.19. The molecule has 2 heterocycles. The second-order valence-corrected chi connectivity index (χ2v) is 3.75. The van der Waals surface area contributed by atoms with Gasteiger partial charge in [-0.2, -0.15) is 0 Å². The van der Waals surface area contributed by atoms with Gasteiger partial charge < -0.3 is 10.1 Å². The Morgan fingerprint density at radius 3 is 2.86 bits per heavy atom. The normalized spacial score (nSPS) is 18.1. The van der Waals surface area contributed by atoms with E-state index in [1.54, 1.807) is 6.07 Å². The number of piperidine rings is 1. The Hall–Kier alpha value is -0.800. The van der Waals surface area contributed by atoms with Gasteiger partial charge in [0.15, 0.2) is 0 Å². The first kappa shape index (κ1) is 9.74. The number of nitrogens with one attached hydrogen (secondary N) is 1. The molecule has 76 valence electrons. The molecule has 0 radical (unpaired) electrons. The summed E-state index contributed by atoms with van der Waals surface area (Å²) in [5, 5.41) is 3.77. The second kappa shape index (κ2) is 4.62.